The third-order valence-corrected chi connectivity index (χ3v) is 8.84. The van der Waals surface area contributed by atoms with Gasteiger partial charge in [-0.05, 0) is 65.7 Å². The molecule has 2 aliphatic rings. The van der Waals surface area contributed by atoms with Crippen molar-refractivity contribution in [3.63, 3.8) is 0 Å². The highest BCUT2D eigenvalue weighted by Gasteiger charge is 2.33. The number of carbonyl (C=O) groups is 3. The molecule has 2 aliphatic heterocycles. The molecule has 0 aliphatic carbocycles. The number of nitrogens with zero attached hydrogens (tertiary/aromatic N) is 2. The van der Waals surface area contributed by atoms with Gasteiger partial charge in [-0.3, -0.25) is 19.4 Å². The van der Waals surface area contributed by atoms with Crippen molar-refractivity contribution in [2.45, 2.75) is 12.6 Å². The highest BCUT2D eigenvalue weighted by molar-refractivity contribution is 8.26. The summed E-state index contributed by atoms with van der Waals surface area (Å²) in [6.07, 6.45) is -2.87. The number of benzene rings is 3. The number of halogens is 3. The predicted molar refractivity (Wildman–Crippen MR) is 176 cm³/mol. The fourth-order valence-corrected chi connectivity index (χ4v) is 6.20. The van der Waals surface area contributed by atoms with Crippen LogP contribution in [0.1, 0.15) is 27.9 Å². The standard InChI is InChI=1S/C33H30F3N3O6S2/c34-33(35,36)25-6-1-21(2-7-25)23-5-10-27(45-18-15-38-13-16-44-17-14-38)24(19-23)20-28-30(41)39(32(46)47-28)12-11-29(40)37-26-8-3-22(4-9-26)31(42)43/h1-10,19-20H,11-18H2,(H,37,40)(H,42,43). The third kappa shape index (κ3) is 8.98. The number of thiocarbonyl (C=S) groups is 1. The van der Waals surface area contributed by atoms with E-state index >= 15 is 0 Å². The molecule has 5 rings (SSSR count). The van der Waals surface area contributed by atoms with Gasteiger partial charge in [0.15, 0.2) is 0 Å². The van der Waals surface area contributed by atoms with Crippen molar-refractivity contribution in [3.8, 4) is 16.9 Å². The van der Waals surface area contributed by atoms with Crippen LogP contribution in [0, 0.1) is 0 Å². The quantitative estimate of drug-likeness (QED) is 0.185. The molecule has 0 unspecified atom stereocenters. The fraction of sp³-hybridized carbons (Fsp3) is 0.273. The third-order valence-electron chi connectivity index (χ3n) is 7.46. The SMILES string of the molecule is O=C(CCN1C(=O)C(=Cc2cc(-c3ccc(C(F)(F)F)cc3)ccc2OCCN2CCOCC2)SC1=S)Nc1ccc(C(=O)O)cc1. The first-order valence-electron chi connectivity index (χ1n) is 14.6. The Morgan fingerprint density at radius 3 is 2.34 bits per heavy atom. The van der Waals surface area contributed by atoms with Crippen LogP contribution in [0.15, 0.2) is 71.6 Å². The maximum Gasteiger partial charge on any atom is 0.416 e. The number of aromatic carboxylic acids is 1. The molecule has 0 bridgehead atoms. The molecule has 2 N–H and O–H groups in total. The van der Waals surface area contributed by atoms with E-state index in [1.54, 1.807) is 24.3 Å². The van der Waals surface area contributed by atoms with Crippen molar-refractivity contribution in [1.82, 2.24) is 9.80 Å². The molecule has 0 spiro atoms. The van der Waals surface area contributed by atoms with E-state index in [1.807, 2.05) is 0 Å². The second kappa shape index (κ2) is 15.1. The van der Waals surface area contributed by atoms with Crippen molar-refractivity contribution < 1.29 is 42.1 Å². The summed E-state index contributed by atoms with van der Waals surface area (Å²) in [4.78, 5) is 40.9. The van der Waals surface area contributed by atoms with Crippen LogP contribution in [-0.2, 0) is 20.5 Å². The number of carbonyl (C=O) groups excluding carboxylic acids is 2. The van der Waals surface area contributed by atoms with Crippen LogP contribution in [0.25, 0.3) is 17.2 Å². The Hall–Kier alpha value is -4.24. The van der Waals surface area contributed by atoms with Gasteiger partial charge in [0.05, 0.1) is 29.2 Å². The Morgan fingerprint density at radius 2 is 1.68 bits per heavy atom. The van der Waals surface area contributed by atoms with E-state index in [2.05, 4.69) is 10.2 Å². The number of carboxylic acid groups (broad SMARTS) is 1. The molecular weight excluding hydrogens is 656 g/mol. The van der Waals surface area contributed by atoms with E-state index in [9.17, 15) is 27.6 Å². The van der Waals surface area contributed by atoms with Gasteiger partial charge in [0, 0.05) is 43.9 Å². The van der Waals surface area contributed by atoms with Gasteiger partial charge in [-0.15, -0.1) is 0 Å². The number of ether oxygens (including phenoxy) is 2. The van der Waals surface area contributed by atoms with Crippen LogP contribution >= 0.6 is 24.0 Å². The molecule has 9 nitrogen and oxygen atoms in total. The minimum atomic E-state index is -4.45. The van der Waals surface area contributed by atoms with Gasteiger partial charge in [0.2, 0.25) is 5.91 Å². The summed E-state index contributed by atoms with van der Waals surface area (Å²) in [5, 5.41) is 11.7. The number of hydrogen-bond acceptors (Lipinski definition) is 8. The van der Waals surface area contributed by atoms with Crippen LogP contribution in [-0.4, -0.2) is 83.0 Å². The van der Waals surface area contributed by atoms with Crippen LogP contribution in [0.3, 0.4) is 0 Å². The summed E-state index contributed by atoms with van der Waals surface area (Å²) < 4.78 is 51.2. The Morgan fingerprint density at radius 1 is 1.00 bits per heavy atom. The van der Waals surface area contributed by atoms with Gasteiger partial charge in [0.25, 0.3) is 5.91 Å². The predicted octanol–water partition coefficient (Wildman–Crippen LogP) is 6.01. The van der Waals surface area contributed by atoms with E-state index in [1.165, 1.54) is 41.3 Å². The smallest absolute Gasteiger partial charge is 0.416 e. The second-order valence-electron chi connectivity index (χ2n) is 10.6. The zero-order valence-corrected chi connectivity index (χ0v) is 26.6. The molecule has 47 heavy (non-hydrogen) atoms. The second-order valence-corrected chi connectivity index (χ2v) is 12.3. The minimum Gasteiger partial charge on any atom is -0.492 e. The number of rotatable bonds is 11. The first kappa shape index (κ1) is 34.1. The lowest BCUT2D eigenvalue weighted by Crippen LogP contribution is -2.38. The molecule has 2 fully saturated rings. The zero-order valence-electron chi connectivity index (χ0n) is 24.9. The van der Waals surface area contributed by atoms with Crippen LogP contribution in [0.5, 0.6) is 5.75 Å². The number of thioether (sulfide) groups is 1. The molecule has 0 atom stereocenters. The van der Waals surface area contributed by atoms with Crippen LogP contribution < -0.4 is 10.1 Å². The topological polar surface area (TPSA) is 108 Å². The number of hydrogen-bond donors (Lipinski definition) is 2. The zero-order chi connectivity index (χ0) is 33.6. The molecule has 246 valence electrons. The molecule has 2 amide bonds. The molecule has 3 aromatic carbocycles. The van der Waals surface area contributed by atoms with E-state index in [4.69, 9.17) is 26.8 Å². The summed E-state index contributed by atoms with van der Waals surface area (Å²) in [6, 6.07) is 15.8. The molecule has 0 radical (unpaired) electrons. The lowest BCUT2D eigenvalue weighted by Gasteiger charge is -2.26. The Labute approximate surface area is 278 Å². The first-order valence-corrected chi connectivity index (χ1v) is 15.8. The summed E-state index contributed by atoms with van der Waals surface area (Å²) >= 11 is 6.53. The molecular formula is C33H30F3N3O6S2. The van der Waals surface area contributed by atoms with E-state index in [0.29, 0.717) is 59.4 Å². The summed E-state index contributed by atoms with van der Waals surface area (Å²) in [7, 11) is 0. The monoisotopic (exact) mass is 685 g/mol. The average Bonchev–Trinajstić information content (AvgIpc) is 3.32. The number of morpholine rings is 1. The normalized spacial score (nSPS) is 16.5. The highest BCUT2D eigenvalue weighted by Crippen LogP contribution is 2.37. The molecule has 14 heteroatoms. The first-order chi connectivity index (χ1) is 22.5. The van der Waals surface area contributed by atoms with E-state index < -0.39 is 23.6 Å². The van der Waals surface area contributed by atoms with Crippen molar-refractivity contribution in [2.75, 3.05) is 51.3 Å². The van der Waals surface area contributed by atoms with Gasteiger partial charge in [0.1, 0.15) is 16.7 Å². The van der Waals surface area contributed by atoms with Crippen molar-refractivity contribution in [2.24, 2.45) is 0 Å². The van der Waals surface area contributed by atoms with Crippen molar-refractivity contribution in [1.29, 1.82) is 0 Å². The maximum absolute atomic E-state index is 13.4. The van der Waals surface area contributed by atoms with E-state index in [-0.39, 0.29) is 28.8 Å². The van der Waals surface area contributed by atoms with Crippen LogP contribution in [0.2, 0.25) is 0 Å². The average molecular weight is 686 g/mol. The van der Waals surface area contributed by atoms with Gasteiger partial charge in [-0.1, -0.05) is 42.2 Å². The minimum absolute atomic E-state index is 0.0234. The fourth-order valence-electron chi connectivity index (χ4n) is 4.90. The van der Waals surface area contributed by atoms with Crippen LogP contribution in [0.4, 0.5) is 18.9 Å². The molecule has 0 saturated carbocycles. The van der Waals surface area contributed by atoms with Gasteiger partial charge >= 0.3 is 12.1 Å². The molecule has 3 aromatic rings. The van der Waals surface area contributed by atoms with Crippen molar-refractivity contribution >= 4 is 57.8 Å². The number of amides is 2. The summed E-state index contributed by atoms with van der Waals surface area (Å²) in [5.74, 6) is -1.36. The van der Waals surface area contributed by atoms with Crippen molar-refractivity contribution in [3.05, 3.63) is 88.3 Å². The molecule has 2 heterocycles. The number of alkyl halides is 3. The Balaban J connectivity index is 1.31. The number of nitrogens with one attached hydrogen (secondary N) is 1. The Bertz CT molecular complexity index is 1670. The van der Waals surface area contributed by atoms with Gasteiger partial charge in [-0.25, -0.2) is 4.79 Å². The van der Waals surface area contributed by atoms with E-state index in [0.717, 1.165) is 37.0 Å². The highest BCUT2D eigenvalue weighted by atomic mass is 32.2. The van der Waals surface area contributed by atoms with Gasteiger partial charge in [-0.2, -0.15) is 13.2 Å². The van der Waals surface area contributed by atoms with Gasteiger partial charge < -0.3 is 19.9 Å². The maximum atomic E-state index is 13.4. The largest absolute Gasteiger partial charge is 0.492 e. The lowest BCUT2D eigenvalue weighted by molar-refractivity contribution is -0.137. The number of carboxylic acids is 1. The summed E-state index contributed by atoms with van der Waals surface area (Å²) in [5.41, 5.74) is 1.49. The lowest BCUT2D eigenvalue weighted by atomic mass is 10.0. The summed E-state index contributed by atoms with van der Waals surface area (Å²) in [6.45, 7) is 3.94. The Kier molecular flexibility index (Phi) is 11.0. The number of anilines is 1. The molecule has 0 aromatic heterocycles. The molecule has 2 saturated heterocycles.